The molecule has 1 amide bonds. The number of carbonyl (C=O) groups excluding carboxylic acids is 1. The van der Waals surface area contributed by atoms with Gasteiger partial charge in [0.2, 0.25) is 17.5 Å². The zero-order valence-electron chi connectivity index (χ0n) is 14.9. The summed E-state index contributed by atoms with van der Waals surface area (Å²) in [4.78, 5) is 31.9. The third-order valence-electron chi connectivity index (χ3n) is 4.91. The molecule has 0 saturated carbocycles. The molecular weight excluding hydrogens is 356 g/mol. The Kier molecular flexibility index (Phi) is 4.01. The third kappa shape index (κ3) is 2.88. The van der Waals surface area contributed by atoms with Crippen LogP contribution in [0.2, 0.25) is 0 Å². The highest BCUT2D eigenvalue weighted by Gasteiger charge is 2.32. The number of hydrogen-bond donors (Lipinski definition) is 0. The number of pyridine rings is 1. The lowest BCUT2D eigenvalue weighted by Gasteiger charge is -2.16. The molecule has 8 nitrogen and oxygen atoms in total. The van der Waals surface area contributed by atoms with Gasteiger partial charge in [0.1, 0.15) is 5.69 Å². The molecule has 0 N–H and O–H groups in total. The first-order valence-electron chi connectivity index (χ1n) is 9.03. The highest BCUT2D eigenvalue weighted by atomic mass is 16.5. The highest BCUT2D eigenvalue weighted by Crippen LogP contribution is 2.29. The van der Waals surface area contributed by atoms with E-state index in [1.54, 1.807) is 29.6 Å². The average Bonchev–Trinajstić information content (AvgIpc) is 3.43. The predicted octanol–water partition coefficient (Wildman–Crippen LogP) is 2.70. The van der Waals surface area contributed by atoms with E-state index in [0.29, 0.717) is 36.3 Å². The van der Waals surface area contributed by atoms with Gasteiger partial charge in [-0.3, -0.25) is 9.78 Å². The summed E-state index contributed by atoms with van der Waals surface area (Å²) < 4.78 is 5.41. The van der Waals surface area contributed by atoms with Gasteiger partial charge in [0.05, 0.1) is 5.92 Å². The monoisotopic (exact) mass is 372 g/mol. The molecule has 4 heterocycles. The lowest BCUT2D eigenvalue weighted by molar-refractivity contribution is 0.0786. The minimum atomic E-state index is -0.0783. The molecule has 0 aliphatic carbocycles. The van der Waals surface area contributed by atoms with E-state index in [0.717, 1.165) is 17.2 Å². The van der Waals surface area contributed by atoms with E-state index in [-0.39, 0.29) is 11.8 Å². The van der Waals surface area contributed by atoms with Crippen molar-refractivity contribution in [3.8, 4) is 11.6 Å². The molecule has 1 atom stereocenters. The Hall–Kier alpha value is -3.68. The van der Waals surface area contributed by atoms with Crippen LogP contribution in [0, 0.1) is 0 Å². The van der Waals surface area contributed by atoms with Crippen LogP contribution in [0.1, 0.15) is 28.7 Å². The molecule has 5 rings (SSSR count). The minimum absolute atomic E-state index is 0.0103. The summed E-state index contributed by atoms with van der Waals surface area (Å²) in [5.74, 6) is 1.19. The predicted molar refractivity (Wildman–Crippen MR) is 100 cm³/mol. The topological polar surface area (TPSA) is 97.9 Å². The van der Waals surface area contributed by atoms with Gasteiger partial charge in [-0.2, -0.15) is 4.98 Å². The number of amides is 1. The van der Waals surface area contributed by atoms with Crippen molar-refractivity contribution in [2.45, 2.75) is 12.3 Å². The fraction of sp³-hybridized carbons (Fsp3) is 0.200. The van der Waals surface area contributed by atoms with E-state index in [9.17, 15) is 4.79 Å². The number of likely N-dealkylation sites (tertiary alicyclic amines) is 1. The van der Waals surface area contributed by atoms with Crippen molar-refractivity contribution >= 4 is 16.7 Å². The standard InChI is InChI=1S/C20H16N6O2/c27-20(16-15-5-2-1-4-13(15)6-10-21-16)26-11-7-14(12-26)19-24-18(25-28-19)17-22-8-3-9-23-17/h1-6,8-10,14H,7,11-12H2. The van der Waals surface area contributed by atoms with Gasteiger partial charge in [-0.25, -0.2) is 9.97 Å². The van der Waals surface area contributed by atoms with Gasteiger partial charge in [-0.1, -0.05) is 29.4 Å². The van der Waals surface area contributed by atoms with E-state index in [1.165, 1.54) is 0 Å². The van der Waals surface area contributed by atoms with Crippen molar-refractivity contribution < 1.29 is 9.32 Å². The Labute approximate surface area is 160 Å². The van der Waals surface area contributed by atoms with Crippen LogP contribution in [-0.2, 0) is 0 Å². The van der Waals surface area contributed by atoms with Crippen LogP contribution in [0.5, 0.6) is 0 Å². The second-order valence-electron chi connectivity index (χ2n) is 6.65. The normalized spacial score (nSPS) is 16.6. The first-order valence-corrected chi connectivity index (χ1v) is 9.03. The molecule has 0 bridgehead atoms. The molecule has 0 radical (unpaired) electrons. The summed E-state index contributed by atoms with van der Waals surface area (Å²) in [5.41, 5.74) is 0.475. The Morgan fingerprint density at radius 1 is 1.00 bits per heavy atom. The zero-order chi connectivity index (χ0) is 18.9. The Balaban J connectivity index is 1.36. The summed E-state index contributed by atoms with van der Waals surface area (Å²) in [6.45, 7) is 1.13. The van der Waals surface area contributed by atoms with Crippen LogP contribution in [0.25, 0.3) is 22.4 Å². The lowest BCUT2D eigenvalue weighted by Crippen LogP contribution is -2.29. The minimum Gasteiger partial charge on any atom is -0.338 e. The van der Waals surface area contributed by atoms with Crippen LogP contribution in [-0.4, -0.2) is 49.0 Å². The maximum atomic E-state index is 13.0. The van der Waals surface area contributed by atoms with E-state index >= 15 is 0 Å². The molecule has 1 aromatic carbocycles. The molecule has 138 valence electrons. The summed E-state index contributed by atoms with van der Waals surface area (Å²) in [6, 6.07) is 11.4. The van der Waals surface area contributed by atoms with Gasteiger partial charge in [0.25, 0.3) is 5.91 Å². The van der Waals surface area contributed by atoms with Crippen molar-refractivity contribution in [3.05, 3.63) is 66.6 Å². The van der Waals surface area contributed by atoms with Crippen molar-refractivity contribution in [3.63, 3.8) is 0 Å². The summed E-state index contributed by atoms with van der Waals surface area (Å²) in [6.07, 6.45) is 5.69. The summed E-state index contributed by atoms with van der Waals surface area (Å²) in [5, 5.41) is 5.83. The summed E-state index contributed by atoms with van der Waals surface area (Å²) >= 11 is 0. The van der Waals surface area contributed by atoms with Crippen molar-refractivity contribution in [2.24, 2.45) is 0 Å². The third-order valence-corrected chi connectivity index (χ3v) is 4.91. The van der Waals surface area contributed by atoms with Crippen molar-refractivity contribution in [1.29, 1.82) is 0 Å². The molecule has 0 spiro atoms. The molecule has 1 unspecified atom stereocenters. The molecule has 1 aliphatic heterocycles. The molecule has 1 saturated heterocycles. The van der Waals surface area contributed by atoms with Crippen molar-refractivity contribution in [1.82, 2.24) is 30.0 Å². The Morgan fingerprint density at radius 3 is 2.75 bits per heavy atom. The highest BCUT2D eigenvalue weighted by molar-refractivity contribution is 6.05. The van der Waals surface area contributed by atoms with Gasteiger partial charge < -0.3 is 9.42 Å². The SMILES string of the molecule is O=C(c1nccc2ccccc12)N1CCC(c2nc(-c3ncccn3)no2)C1. The smallest absolute Gasteiger partial charge is 0.273 e. The van der Waals surface area contributed by atoms with E-state index in [2.05, 4.69) is 25.1 Å². The average molecular weight is 372 g/mol. The molecule has 1 fully saturated rings. The fourth-order valence-corrected chi connectivity index (χ4v) is 3.49. The number of benzene rings is 1. The van der Waals surface area contributed by atoms with Gasteiger partial charge in [-0.05, 0) is 23.9 Å². The number of nitrogens with zero attached hydrogens (tertiary/aromatic N) is 6. The van der Waals surface area contributed by atoms with Gasteiger partial charge in [0, 0.05) is 37.1 Å². The number of aromatic nitrogens is 5. The van der Waals surface area contributed by atoms with Crippen LogP contribution in [0.15, 0.2) is 59.5 Å². The number of carbonyl (C=O) groups is 1. The quantitative estimate of drug-likeness (QED) is 0.545. The largest absolute Gasteiger partial charge is 0.338 e. The first-order chi connectivity index (χ1) is 13.8. The summed E-state index contributed by atoms with van der Waals surface area (Å²) in [7, 11) is 0. The molecule has 4 aromatic rings. The molecule has 8 heteroatoms. The van der Waals surface area contributed by atoms with E-state index in [4.69, 9.17) is 4.52 Å². The van der Waals surface area contributed by atoms with Crippen LogP contribution in [0.3, 0.4) is 0 Å². The number of rotatable bonds is 3. The fourth-order valence-electron chi connectivity index (χ4n) is 3.49. The zero-order valence-corrected chi connectivity index (χ0v) is 14.9. The molecule has 1 aliphatic rings. The van der Waals surface area contributed by atoms with Crippen LogP contribution in [0.4, 0.5) is 0 Å². The second kappa shape index (κ2) is 6.80. The van der Waals surface area contributed by atoms with Crippen molar-refractivity contribution in [2.75, 3.05) is 13.1 Å². The molecule has 28 heavy (non-hydrogen) atoms. The van der Waals surface area contributed by atoms with Gasteiger partial charge in [0.15, 0.2) is 0 Å². The maximum absolute atomic E-state index is 13.0. The lowest BCUT2D eigenvalue weighted by atomic mass is 10.1. The molecular formula is C20H16N6O2. The van der Waals surface area contributed by atoms with Gasteiger partial charge in [-0.15, -0.1) is 0 Å². The Bertz CT molecular complexity index is 1140. The number of hydrogen-bond acceptors (Lipinski definition) is 7. The second-order valence-corrected chi connectivity index (χ2v) is 6.65. The Morgan fingerprint density at radius 2 is 1.86 bits per heavy atom. The van der Waals surface area contributed by atoms with Gasteiger partial charge >= 0.3 is 0 Å². The number of fused-ring (bicyclic) bond motifs is 1. The van der Waals surface area contributed by atoms with E-state index < -0.39 is 0 Å². The first kappa shape index (κ1) is 16.5. The maximum Gasteiger partial charge on any atom is 0.273 e. The van der Waals surface area contributed by atoms with Crippen LogP contribution < -0.4 is 0 Å². The van der Waals surface area contributed by atoms with Crippen LogP contribution >= 0.6 is 0 Å². The molecule has 3 aromatic heterocycles. The van der Waals surface area contributed by atoms with E-state index in [1.807, 2.05) is 30.3 Å².